The molecule has 152 valence electrons. The van der Waals surface area contributed by atoms with Crippen molar-refractivity contribution in [3.05, 3.63) is 39.9 Å². The van der Waals surface area contributed by atoms with E-state index in [9.17, 15) is 14.7 Å². The Kier molecular flexibility index (Phi) is 5.95. The second-order valence-electron chi connectivity index (χ2n) is 8.29. The van der Waals surface area contributed by atoms with E-state index in [0.29, 0.717) is 11.7 Å². The van der Waals surface area contributed by atoms with Gasteiger partial charge in [0, 0.05) is 49.2 Å². The largest absolute Gasteiger partial charge is 0.465 e. The van der Waals surface area contributed by atoms with Gasteiger partial charge in [-0.05, 0) is 45.7 Å². The van der Waals surface area contributed by atoms with Crippen molar-refractivity contribution >= 4 is 28.6 Å². The van der Waals surface area contributed by atoms with Gasteiger partial charge in [0.25, 0.3) is 5.56 Å². The number of fused-ring (bicyclic) bond motifs is 1. The normalized spacial score (nSPS) is 16.4. The fraction of sp³-hybridized carbons (Fsp3) is 0.550. The summed E-state index contributed by atoms with van der Waals surface area (Å²) in [7, 11) is 0. The lowest BCUT2D eigenvalue weighted by Crippen LogP contribution is -2.54. The zero-order valence-corrected chi connectivity index (χ0v) is 17.3. The second-order valence-corrected chi connectivity index (χ2v) is 8.67. The second kappa shape index (κ2) is 8.09. The predicted molar refractivity (Wildman–Crippen MR) is 110 cm³/mol. The summed E-state index contributed by atoms with van der Waals surface area (Å²) in [6.07, 6.45) is 2.37. The van der Waals surface area contributed by atoms with Crippen molar-refractivity contribution in [3.8, 4) is 0 Å². The number of hydrogen-bond donors (Lipinski definition) is 1. The summed E-state index contributed by atoms with van der Waals surface area (Å²) in [6, 6.07) is 5.10. The minimum absolute atomic E-state index is 0.0281. The third-order valence-electron chi connectivity index (χ3n) is 5.33. The number of amides is 1. The number of carboxylic acid groups (broad SMARTS) is 1. The summed E-state index contributed by atoms with van der Waals surface area (Å²) in [5.41, 5.74) is 0.302. The van der Waals surface area contributed by atoms with Crippen molar-refractivity contribution in [1.29, 1.82) is 0 Å². The molecule has 0 unspecified atom stereocenters. The van der Waals surface area contributed by atoms with Crippen molar-refractivity contribution in [2.24, 2.45) is 0 Å². The lowest BCUT2D eigenvalue weighted by molar-refractivity contribution is 0.0417. The molecule has 3 rings (SSSR count). The summed E-state index contributed by atoms with van der Waals surface area (Å²) in [5, 5.41) is 10.9. The van der Waals surface area contributed by atoms with Crippen LogP contribution < -0.4 is 5.56 Å². The van der Waals surface area contributed by atoms with Gasteiger partial charge >= 0.3 is 6.09 Å². The summed E-state index contributed by atoms with van der Waals surface area (Å²) in [4.78, 5) is 32.0. The molecule has 0 aliphatic carbocycles. The molecular formula is C20H27ClN4O3. The molecule has 1 fully saturated rings. The molecule has 7 nitrogen and oxygen atoms in total. The number of nitrogens with zero attached hydrogens (tertiary/aromatic N) is 4. The average Bonchev–Trinajstić information content (AvgIpc) is 2.61. The number of piperidine rings is 1. The van der Waals surface area contributed by atoms with Crippen LogP contribution in [0.5, 0.6) is 0 Å². The molecule has 3 heterocycles. The lowest BCUT2D eigenvalue weighted by atomic mass is 9.97. The molecule has 0 aromatic carbocycles. The first-order valence-electron chi connectivity index (χ1n) is 9.56. The van der Waals surface area contributed by atoms with Crippen LogP contribution in [0, 0.1) is 0 Å². The minimum atomic E-state index is -0.862. The van der Waals surface area contributed by atoms with Crippen LogP contribution in [0.25, 0.3) is 10.9 Å². The zero-order valence-electron chi connectivity index (χ0n) is 16.6. The smallest absolute Gasteiger partial charge is 0.407 e. The van der Waals surface area contributed by atoms with Crippen molar-refractivity contribution in [2.45, 2.75) is 51.7 Å². The monoisotopic (exact) mass is 406 g/mol. The van der Waals surface area contributed by atoms with Crippen LogP contribution in [0.1, 0.15) is 33.6 Å². The Labute approximate surface area is 169 Å². The van der Waals surface area contributed by atoms with Crippen LogP contribution in [-0.4, -0.2) is 61.8 Å². The number of aromatic nitrogens is 2. The molecule has 8 heteroatoms. The molecule has 0 atom stereocenters. The van der Waals surface area contributed by atoms with Gasteiger partial charge in [0.1, 0.15) is 5.15 Å². The fourth-order valence-corrected chi connectivity index (χ4v) is 4.20. The van der Waals surface area contributed by atoms with Crippen LogP contribution >= 0.6 is 11.6 Å². The Bertz CT molecular complexity index is 914. The van der Waals surface area contributed by atoms with Gasteiger partial charge in [-0.15, -0.1) is 0 Å². The predicted octanol–water partition coefficient (Wildman–Crippen LogP) is 3.29. The first kappa shape index (κ1) is 20.6. The van der Waals surface area contributed by atoms with E-state index in [4.69, 9.17) is 11.6 Å². The van der Waals surface area contributed by atoms with Gasteiger partial charge in [0.2, 0.25) is 0 Å². The Balaban J connectivity index is 1.65. The molecule has 2 aromatic heterocycles. The molecule has 2 aromatic rings. The van der Waals surface area contributed by atoms with Gasteiger partial charge in [-0.3, -0.25) is 4.79 Å². The number of likely N-dealkylation sites (tertiary alicyclic amines) is 1. The van der Waals surface area contributed by atoms with E-state index >= 15 is 0 Å². The van der Waals surface area contributed by atoms with E-state index < -0.39 is 11.6 Å². The number of hydrogen-bond acceptors (Lipinski definition) is 4. The van der Waals surface area contributed by atoms with Crippen molar-refractivity contribution in [2.75, 3.05) is 19.6 Å². The first-order valence-corrected chi connectivity index (χ1v) is 9.94. The highest BCUT2D eigenvalue weighted by Gasteiger charge is 2.35. The summed E-state index contributed by atoms with van der Waals surface area (Å²) >= 11 is 5.95. The van der Waals surface area contributed by atoms with E-state index in [2.05, 4.69) is 9.88 Å². The Morgan fingerprint density at radius 1 is 1.29 bits per heavy atom. The number of rotatable bonds is 4. The van der Waals surface area contributed by atoms with E-state index in [1.807, 2.05) is 20.8 Å². The molecule has 1 saturated heterocycles. The van der Waals surface area contributed by atoms with E-state index in [1.54, 1.807) is 33.9 Å². The quantitative estimate of drug-likeness (QED) is 0.788. The highest BCUT2D eigenvalue weighted by atomic mass is 35.5. The molecule has 28 heavy (non-hydrogen) atoms. The molecule has 0 saturated carbocycles. The van der Waals surface area contributed by atoms with Crippen molar-refractivity contribution in [1.82, 2.24) is 19.4 Å². The van der Waals surface area contributed by atoms with Gasteiger partial charge < -0.3 is 19.5 Å². The third kappa shape index (κ3) is 4.47. The van der Waals surface area contributed by atoms with Crippen LogP contribution in [0.3, 0.4) is 0 Å². The molecule has 0 bridgehead atoms. The van der Waals surface area contributed by atoms with Crippen LogP contribution in [-0.2, 0) is 6.54 Å². The van der Waals surface area contributed by atoms with E-state index in [-0.39, 0.29) is 11.6 Å². The Morgan fingerprint density at radius 3 is 2.57 bits per heavy atom. The standard InChI is InChI=1S/C20H27ClN4O3/c1-20(2,3)25(19(27)28)15-6-8-23(9-7-15)10-11-24-16-13-22-17(21)12-14(16)4-5-18(24)26/h4-5,12-13,15H,6-11H2,1-3H3,(H,27,28). The van der Waals surface area contributed by atoms with Gasteiger partial charge in [0.15, 0.2) is 0 Å². The summed E-state index contributed by atoms with van der Waals surface area (Å²) in [5.74, 6) is 0. The molecule has 0 spiro atoms. The van der Waals surface area contributed by atoms with Gasteiger partial charge in [-0.25, -0.2) is 9.78 Å². The molecule has 1 N–H and O–H groups in total. The Hall–Kier alpha value is -2.12. The molecule has 1 aliphatic rings. The van der Waals surface area contributed by atoms with Crippen molar-refractivity contribution < 1.29 is 9.90 Å². The van der Waals surface area contributed by atoms with Gasteiger partial charge in [-0.2, -0.15) is 0 Å². The first-order chi connectivity index (χ1) is 13.2. The number of pyridine rings is 2. The lowest BCUT2D eigenvalue weighted by Gasteiger charge is -2.43. The summed E-state index contributed by atoms with van der Waals surface area (Å²) in [6.45, 7) is 8.72. The highest BCUT2D eigenvalue weighted by molar-refractivity contribution is 6.30. The maximum Gasteiger partial charge on any atom is 0.407 e. The summed E-state index contributed by atoms with van der Waals surface area (Å²) < 4.78 is 1.73. The average molecular weight is 407 g/mol. The minimum Gasteiger partial charge on any atom is -0.465 e. The molecule has 0 radical (unpaired) electrons. The van der Waals surface area contributed by atoms with Gasteiger partial charge in [0.05, 0.1) is 11.7 Å². The maximum absolute atomic E-state index is 12.3. The SMILES string of the molecule is CC(C)(C)N(C(=O)O)C1CCN(CCn2c(=O)ccc3cc(Cl)ncc32)CC1. The topological polar surface area (TPSA) is 78.7 Å². The van der Waals surface area contributed by atoms with Crippen LogP contribution in [0.4, 0.5) is 4.79 Å². The third-order valence-corrected chi connectivity index (χ3v) is 5.54. The number of halogens is 1. The molecule has 1 amide bonds. The van der Waals surface area contributed by atoms with Crippen molar-refractivity contribution in [3.63, 3.8) is 0 Å². The van der Waals surface area contributed by atoms with E-state index in [1.165, 1.54) is 0 Å². The van der Waals surface area contributed by atoms with Crippen LogP contribution in [0.15, 0.2) is 29.2 Å². The number of carbonyl (C=O) groups is 1. The Morgan fingerprint density at radius 2 is 1.96 bits per heavy atom. The maximum atomic E-state index is 12.3. The molecular weight excluding hydrogens is 380 g/mol. The fourth-order valence-electron chi connectivity index (χ4n) is 4.03. The van der Waals surface area contributed by atoms with E-state index in [0.717, 1.165) is 43.4 Å². The van der Waals surface area contributed by atoms with Gasteiger partial charge in [-0.1, -0.05) is 11.6 Å². The highest BCUT2D eigenvalue weighted by Crippen LogP contribution is 2.24. The zero-order chi connectivity index (χ0) is 20.5. The van der Waals surface area contributed by atoms with Crippen LogP contribution in [0.2, 0.25) is 5.15 Å². The molecule has 1 aliphatic heterocycles.